The summed E-state index contributed by atoms with van der Waals surface area (Å²) in [6.07, 6.45) is 1.17. The van der Waals surface area contributed by atoms with Crippen LogP contribution in [0.2, 0.25) is 0 Å². The van der Waals surface area contributed by atoms with Crippen LogP contribution in [0.3, 0.4) is 0 Å². The van der Waals surface area contributed by atoms with Crippen LogP contribution in [0.5, 0.6) is 0 Å². The summed E-state index contributed by atoms with van der Waals surface area (Å²) in [5.41, 5.74) is 5.61. The van der Waals surface area contributed by atoms with Crippen LogP contribution in [0, 0.1) is 0 Å². The summed E-state index contributed by atoms with van der Waals surface area (Å²) in [6.45, 7) is 8.14. The van der Waals surface area contributed by atoms with Gasteiger partial charge in [-0.2, -0.15) is 0 Å². The molecule has 0 radical (unpaired) electrons. The van der Waals surface area contributed by atoms with Gasteiger partial charge in [-0.3, -0.25) is 0 Å². The molecule has 9 heavy (non-hydrogen) atoms. The molecule has 0 aliphatic rings. The number of rotatable bonds is 4. The lowest BCUT2D eigenvalue weighted by Gasteiger charge is -2.23. The zero-order valence-electron chi connectivity index (χ0n) is 6.70. The van der Waals surface area contributed by atoms with E-state index in [0.29, 0.717) is 6.54 Å². The normalized spacial score (nSPS) is 12.0. The molecule has 2 nitrogen and oxygen atoms in total. The summed E-state index contributed by atoms with van der Waals surface area (Å²) in [7, 11) is 0. The van der Waals surface area contributed by atoms with E-state index in [2.05, 4.69) is 26.1 Å². The third-order valence-corrected chi connectivity index (χ3v) is 1.36. The Hall–Kier alpha value is -0.0800. The number of hydrogen-bond donors (Lipinski definition) is 2. The van der Waals surface area contributed by atoms with Crippen molar-refractivity contribution >= 4 is 0 Å². The fourth-order valence-electron chi connectivity index (χ4n) is 0.536. The molecule has 0 aromatic heterocycles. The molecule has 0 rings (SSSR count). The molecule has 0 saturated carbocycles. The Morgan fingerprint density at radius 1 is 1.44 bits per heavy atom. The third-order valence-electron chi connectivity index (χ3n) is 1.36. The van der Waals surface area contributed by atoms with Crippen molar-refractivity contribution < 1.29 is 0 Å². The summed E-state index contributed by atoms with van der Waals surface area (Å²) in [5, 5.41) is 3.33. The lowest BCUT2D eigenvalue weighted by Crippen LogP contribution is -2.45. The molecular weight excluding hydrogens is 112 g/mol. The summed E-state index contributed by atoms with van der Waals surface area (Å²) in [4.78, 5) is 0. The second kappa shape index (κ2) is 3.85. The highest BCUT2D eigenvalue weighted by atomic mass is 15.0. The third kappa shape index (κ3) is 4.43. The molecule has 0 atom stereocenters. The maximum atomic E-state index is 5.48. The SMILES string of the molecule is CCCNC(C)(C)CN. The zero-order valence-corrected chi connectivity index (χ0v) is 6.70. The van der Waals surface area contributed by atoms with Gasteiger partial charge in [0, 0.05) is 12.1 Å². The predicted molar refractivity (Wildman–Crippen MR) is 41.4 cm³/mol. The van der Waals surface area contributed by atoms with Crippen LogP contribution >= 0.6 is 0 Å². The van der Waals surface area contributed by atoms with E-state index in [1.54, 1.807) is 0 Å². The molecule has 0 fully saturated rings. The van der Waals surface area contributed by atoms with E-state index in [9.17, 15) is 0 Å². The number of nitrogens with two attached hydrogens (primary N) is 1. The number of nitrogens with one attached hydrogen (secondary N) is 1. The monoisotopic (exact) mass is 130 g/mol. The first-order valence-corrected chi connectivity index (χ1v) is 3.57. The highest BCUT2D eigenvalue weighted by Gasteiger charge is 2.11. The van der Waals surface area contributed by atoms with Crippen LogP contribution in [-0.2, 0) is 0 Å². The fourth-order valence-corrected chi connectivity index (χ4v) is 0.536. The maximum absolute atomic E-state index is 5.48. The molecule has 0 amide bonds. The highest BCUT2D eigenvalue weighted by Crippen LogP contribution is 1.96. The molecular formula is C7H18N2. The Balaban J connectivity index is 3.33. The van der Waals surface area contributed by atoms with Gasteiger partial charge in [-0.05, 0) is 26.8 Å². The first-order chi connectivity index (χ1) is 4.12. The predicted octanol–water partition coefficient (Wildman–Crippen LogP) is 0.723. The molecule has 0 aromatic rings. The van der Waals surface area contributed by atoms with Gasteiger partial charge in [0.2, 0.25) is 0 Å². The highest BCUT2D eigenvalue weighted by molar-refractivity contribution is 4.77. The smallest absolute Gasteiger partial charge is 0.0247 e. The molecule has 0 bridgehead atoms. The molecule has 0 spiro atoms. The molecule has 0 aliphatic carbocycles. The van der Waals surface area contributed by atoms with Crippen molar-refractivity contribution in [3.05, 3.63) is 0 Å². The minimum absolute atomic E-state index is 0.121. The van der Waals surface area contributed by atoms with Crippen LogP contribution < -0.4 is 11.1 Å². The standard InChI is InChI=1S/C7H18N2/c1-4-5-9-7(2,3)6-8/h9H,4-6,8H2,1-3H3. The van der Waals surface area contributed by atoms with Crippen LogP contribution in [0.1, 0.15) is 27.2 Å². The molecule has 56 valence electrons. The molecule has 0 heterocycles. The van der Waals surface area contributed by atoms with Crippen molar-refractivity contribution in [1.29, 1.82) is 0 Å². The van der Waals surface area contributed by atoms with E-state index in [1.165, 1.54) is 6.42 Å². The Bertz CT molecular complexity index is 69.3. The Kier molecular flexibility index (Phi) is 3.82. The van der Waals surface area contributed by atoms with Crippen molar-refractivity contribution in [2.45, 2.75) is 32.7 Å². The first kappa shape index (κ1) is 8.92. The lowest BCUT2D eigenvalue weighted by molar-refractivity contribution is 0.399. The van der Waals surface area contributed by atoms with E-state index in [-0.39, 0.29) is 5.54 Å². The van der Waals surface area contributed by atoms with Gasteiger partial charge in [0.15, 0.2) is 0 Å². The molecule has 0 saturated heterocycles. The van der Waals surface area contributed by atoms with Gasteiger partial charge in [0.25, 0.3) is 0 Å². The van der Waals surface area contributed by atoms with Crippen LogP contribution in [0.4, 0.5) is 0 Å². The van der Waals surface area contributed by atoms with E-state index in [0.717, 1.165) is 6.54 Å². The summed E-state index contributed by atoms with van der Waals surface area (Å²) in [5.74, 6) is 0. The quantitative estimate of drug-likeness (QED) is 0.588. The summed E-state index contributed by atoms with van der Waals surface area (Å²) >= 11 is 0. The van der Waals surface area contributed by atoms with E-state index in [4.69, 9.17) is 5.73 Å². The van der Waals surface area contributed by atoms with Gasteiger partial charge < -0.3 is 11.1 Å². The Morgan fingerprint density at radius 3 is 2.33 bits per heavy atom. The fraction of sp³-hybridized carbons (Fsp3) is 1.00. The van der Waals surface area contributed by atoms with E-state index < -0.39 is 0 Å². The van der Waals surface area contributed by atoms with E-state index in [1.807, 2.05) is 0 Å². The van der Waals surface area contributed by atoms with E-state index >= 15 is 0 Å². The maximum Gasteiger partial charge on any atom is 0.0247 e. The minimum Gasteiger partial charge on any atom is -0.329 e. The van der Waals surface area contributed by atoms with Crippen LogP contribution in [0.15, 0.2) is 0 Å². The van der Waals surface area contributed by atoms with Gasteiger partial charge in [0.05, 0.1) is 0 Å². The largest absolute Gasteiger partial charge is 0.329 e. The topological polar surface area (TPSA) is 38.0 Å². The number of hydrogen-bond acceptors (Lipinski definition) is 2. The van der Waals surface area contributed by atoms with Crippen molar-refractivity contribution in [2.75, 3.05) is 13.1 Å². The second-order valence-corrected chi connectivity index (χ2v) is 3.01. The Morgan fingerprint density at radius 2 is 2.00 bits per heavy atom. The van der Waals surface area contributed by atoms with Crippen LogP contribution in [0.25, 0.3) is 0 Å². The van der Waals surface area contributed by atoms with Gasteiger partial charge in [-0.25, -0.2) is 0 Å². The molecule has 3 N–H and O–H groups in total. The van der Waals surface area contributed by atoms with Crippen molar-refractivity contribution in [3.8, 4) is 0 Å². The van der Waals surface area contributed by atoms with Gasteiger partial charge >= 0.3 is 0 Å². The van der Waals surface area contributed by atoms with Crippen molar-refractivity contribution in [1.82, 2.24) is 5.32 Å². The zero-order chi connectivity index (χ0) is 7.33. The first-order valence-electron chi connectivity index (χ1n) is 3.57. The summed E-state index contributed by atoms with van der Waals surface area (Å²) < 4.78 is 0. The van der Waals surface area contributed by atoms with Crippen molar-refractivity contribution in [3.63, 3.8) is 0 Å². The van der Waals surface area contributed by atoms with Crippen molar-refractivity contribution in [2.24, 2.45) is 5.73 Å². The average Bonchev–Trinajstić information content (AvgIpc) is 1.84. The lowest BCUT2D eigenvalue weighted by atomic mass is 10.1. The molecule has 0 unspecified atom stereocenters. The summed E-state index contributed by atoms with van der Waals surface area (Å²) in [6, 6.07) is 0. The molecule has 0 aromatic carbocycles. The Labute approximate surface area is 57.8 Å². The minimum atomic E-state index is 0.121. The van der Waals surface area contributed by atoms with Gasteiger partial charge in [0.1, 0.15) is 0 Å². The molecule has 0 aliphatic heterocycles. The second-order valence-electron chi connectivity index (χ2n) is 3.01. The molecule has 2 heteroatoms. The van der Waals surface area contributed by atoms with Crippen LogP contribution in [-0.4, -0.2) is 18.6 Å². The average molecular weight is 130 g/mol. The van der Waals surface area contributed by atoms with Gasteiger partial charge in [-0.1, -0.05) is 6.92 Å². The van der Waals surface area contributed by atoms with Gasteiger partial charge in [-0.15, -0.1) is 0 Å².